The normalized spacial score (nSPS) is 10.9. The third-order valence-corrected chi connectivity index (χ3v) is 0. The quantitative estimate of drug-likeness (QED) is 0.390. The molecular weight excluding hydrogens is 383 g/mol. The summed E-state index contributed by atoms with van der Waals surface area (Å²) < 4.78 is 0. The van der Waals surface area contributed by atoms with E-state index in [2.05, 4.69) is 0 Å². The van der Waals surface area contributed by atoms with Crippen LogP contribution in [0.5, 0.6) is 0 Å². The maximum absolute atomic E-state index is 5.01. The third-order valence-electron chi connectivity index (χ3n) is 0. The Morgan fingerprint density at radius 3 is 0.857 bits per heavy atom. The van der Waals surface area contributed by atoms with E-state index in [1.54, 1.807) is 0 Å². The summed E-state index contributed by atoms with van der Waals surface area (Å²) in [7, 11) is 20.0. The Morgan fingerprint density at radius 1 is 0.857 bits per heavy atom. The van der Waals surface area contributed by atoms with Gasteiger partial charge in [-0.05, 0) is 0 Å². The molecule has 0 fully saturated rings. The molecule has 0 atom stereocenters. The number of hydrogen-bond donors (Lipinski definition) is 0. The van der Waals surface area contributed by atoms with E-state index in [-0.39, 0.29) is 62.0 Å². The molecule has 0 spiro atoms. The van der Waals surface area contributed by atoms with E-state index in [1.165, 1.54) is 0 Å². The molecule has 0 bridgehead atoms. The van der Waals surface area contributed by atoms with Gasteiger partial charge in [-0.2, -0.15) is 0 Å². The first-order chi connectivity index (χ1) is 2.00. The molecule has 0 rings (SSSR count). The summed E-state index contributed by atoms with van der Waals surface area (Å²) in [6.45, 7) is 0. The predicted octanol–water partition coefficient (Wildman–Crippen LogP) is -3.01. The van der Waals surface area contributed by atoms with Crippen molar-refractivity contribution in [3.05, 3.63) is 0 Å². The van der Waals surface area contributed by atoms with Crippen LogP contribution in [-0.2, 0) is 11.9 Å². The zero-order valence-corrected chi connectivity index (χ0v) is 13.1. The summed E-state index contributed by atoms with van der Waals surface area (Å²) in [6, 6.07) is 0. The zero-order valence-electron chi connectivity index (χ0n) is 5.83. The summed E-state index contributed by atoms with van der Waals surface area (Å²) in [5.41, 5.74) is 0. The molecule has 0 aromatic rings. The predicted molar refractivity (Wildman–Crippen MR) is 25.6 cm³/mol. The molecular formula is H2Cl4Na2Pt. The summed E-state index contributed by atoms with van der Waals surface area (Å²) in [5, 5.41) is 0. The van der Waals surface area contributed by atoms with Gasteiger partial charge in [0.25, 0.3) is 0 Å². The third kappa shape index (κ3) is 41.0. The maximum Gasteiger partial charge on any atom is 1.00 e. The van der Waals surface area contributed by atoms with Crippen molar-refractivity contribution in [2.24, 2.45) is 0 Å². The number of halogens is 4. The van der Waals surface area contributed by atoms with Crippen molar-refractivity contribution in [2.45, 2.75) is 0 Å². The fourth-order valence-electron chi connectivity index (χ4n) is 0. The van der Waals surface area contributed by atoms with Crippen LogP contribution in [-0.4, -0.2) is 0 Å². The summed E-state index contributed by atoms with van der Waals surface area (Å²) >= 11 is -3.06. The maximum atomic E-state index is 5.01. The van der Waals surface area contributed by atoms with Crippen LogP contribution in [0.25, 0.3) is 0 Å². The Labute approximate surface area is 109 Å². The smallest absolute Gasteiger partial charge is 1.00 e. The molecule has 0 saturated heterocycles. The number of hydrogen-bond acceptors (Lipinski definition) is 0. The largest absolute Gasteiger partial charge is 1.00 e. The van der Waals surface area contributed by atoms with E-state index in [0.29, 0.717) is 0 Å². The van der Waals surface area contributed by atoms with Gasteiger partial charge >= 0.3 is 109 Å². The topological polar surface area (TPSA) is 0 Å². The first kappa shape index (κ1) is 17.1. The average Bonchev–Trinajstić information content (AvgIpc) is 0.722. The van der Waals surface area contributed by atoms with Gasteiger partial charge in [0.05, 0.1) is 0 Å². The molecule has 7 heteroatoms. The Morgan fingerprint density at radius 2 is 0.857 bits per heavy atom. The Bertz CT molecular complexity index is 32.0. The van der Waals surface area contributed by atoms with Crippen LogP contribution in [0.2, 0.25) is 0 Å². The standard InChI is InChI=1S/4ClH.2Na.Pt.2H/h4*1H;;;;;/q;;;;2*+1;+4;2*-1/p-4. The molecule has 0 unspecified atom stereocenters. The SMILES string of the molecule is [Cl][Pt]([Cl])([Cl])[Cl].[H-].[H-].[Na+].[Na+]. The van der Waals surface area contributed by atoms with Gasteiger partial charge < -0.3 is 2.85 Å². The minimum atomic E-state index is -3.06. The molecule has 0 nitrogen and oxygen atoms in total. The molecule has 0 aromatic heterocycles. The van der Waals surface area contributed by atoms with E-state index < -0.39 is 11.9 Å². The van der Waals surface area contributed by atoms with Gasteiger partial charge in [-0.1, -0.05) is 0 Å². The molecule has 0 saturated carbocycles. The molecule has 0 radical (unpaired) electrons. The van der Waals surface area contributed by atoms with Crippen LogP contribution in [0.15, 0.2) is 0 Å². The molecule has 7 heavy (non-hydrogen) atoms. The van der Waals surface area contributed by atoms with E-state index in [1.807, 2.05) is 0 Å². The van der Waals surface area contributed by atoms with Crippen LogP contribution < -0.4 is 59.1 Å². The van der Waals surface area contributed by atoms with Crippen molar-refractivity contribution in [2.75, 3.05) is 0 Å². The zero-order chi connectivity index (χ0) is 4.50. The van der Waals surface area contributed by atoms with Crippen molar-refractivity contribution >= 4 is 37.7 Å². The van der Waals surface area contributed by atoms with E-state index in [9.17, 15) is 0 Å². The molecule has 0 amide bonds. The fraction of sp³-hybridized carbons (Fsp3) is 0. The first-order valence-electron chi connectivity index (χ1n) is 0.478. The van der Waals surface area contributed by atoms with Crippen molar-refractivity contribution in [1.82, 2.24) is 0 Å². The molecule has 0 aromatic carbocycles. The van der Waals surface area contributed by atoms with E-state index >= 15 is 0 Å². The Hall–Kier alpha value is 3.85. The van der Waals surface area contributed by atoms with Gasteiger partial charge in [0.2, 0.25) is 0 Å². The van der Waals surface area contributed by atoms with Crippen LogP contribution in [0.4, 0.5) is 0 Å². The second-order valence-corrected chi connectivity index (χ2v) is 20.0. The van der Waals surface area contributed by atoms with Gasteiger partial charge in [-0.25, -0.2) is 0 Å². The minimum Gasteiger partial charge on any atom is -1.00 e. The Balaban J connectivity index is -0.0000000133. The second-order valence-electron chi connectivity index (χ2n) is 0.271. The molecule has 42 valence electrons. The van der Waals surface area contributed by atoms with Crippen molar-refractivity contribution < 1.29 is 73.9 Å². The monoisotopic (exact) mass is 383 g/mol. The molecule has 0 aliphatic heterocycles. The van der Waals surface area contributed by atoms with Gasteiger partial charge in [0.1, 0.15) is 0 Å². The van der Waals surface area contributed by atoms with Crippen molar-refractivity contribution in [3.63, 3.8) is 0 Å². The van der Waals surface area contributed by atoms with Crippen LogP contribution in [0.1, 0.15) is 2.85 Å². The summed E-state index contributed by atoms with van der Waals surface area (Å²) in [6.07, 6.45) is 0. The molecule has 0 heterocycles. The average molecular weight is 385 g/mol. The number of rotatable bonds is 0. The summed E-state index contributed by atoms with van der Waals surface area (Å²) in [5.74, 6) is 0. The van der Waals surface area contributed by atoms with Gasteiger partial charge in [-0.3, -0.25) is 0 Å². The first-order valence-corrected chi connectivity index (χ1v) is 11.7. The Kier molecular flexibility index (Phi) is 19.4. The fourth-order valence-corrected chi connectivity index (χ4v) is 0. The van der Waals surface area contributed by atoms with Gasteiger partial charge in [0, 0.05) is 0 Å². The second kappa shape index (κ2) is 7.95. The van der Waals surface area contributed by atoms with Gasteiger partial charge in [0.15, 0.2) is 0 Å². The van der Waals surface area contributed by atoms with Crippen LogP contribution in [0.3, 0.4) is 0 Å². The molecule has 0 aliphatic carbocycles. The van der Waals surface area contributed by atoms with E-state index in [4.69, 9.17) is 37.7 Å². The van der Waals surface area contributed by atoms with Crippen LogP contribution in [0, 0.1) is 0 Å². The summed E-state index contributed by atoms with van der Waals surface area (Å²) in [4.78, 5) is 0. The van der Waals surface area contributed by atoms with Crippen molar-refractivity contribution in [1.29, 1.82) is 0 Å². The minimum absolute atomic E-state index is 0. The molecule has 0 aliphatic rings. The van der Waals surface area contributed by atoms with Crippen molar-refractivity contribution in [3.8, 4) is 0 Å². The van der Waals surface area contributed by atoms with Crippen LogP contribution >= 0.6 is 37.7 Å². The van der Waals surface area contributed by atoms with E-state index in [0.717, 1.165) is 0 Å². The molecule has 0 N–H and O–H groups in total. The van der Waals surface area contributed by atoms with Gasteiger partial charge in [-0.15, -0.1) is 0 Å².